The number of aromatic nitrogens is 1. The lowest BCUT2D eigenvalue weighted by Crippen LogP contribution is -2.22. The van der Waals surface area contributed by atoms with E-state index in [0.717, 1.165) is 16.7 Å². The van der Waals surface area contributed by atoms with Crippen molar-refractivity contribution in [2.24, 2.45) is 0 Å². The van der Waals surface area contributed by atoms with Crippen molar-refractivity contribution < 1.29 is 34.4 Å². The largest absolute Gasteiger partial charge is 0.506 e. The zero-order chi connectivity index (χ0) is 34.2. The Morgan fingerprint density at radius 1 is 0.958 bits per heavy atom. The molecule has 0 saturated carbocycles. The van der Waals surface area contributed by atoms with E-state index in [0.29, 0.717) is 34.4 Å². The molecule has 0 radical (unpaired) electrons. The Labute approximate surface area is 279 Å². The molecule has 2 amide bonds. The van der Waals surface area contributed by atoms with Crippen LogP contribution in [0.5, 0.6) is 11.5 Å². The minimum absolute atomic E-state index is 0.0223. The van der Waals surface area contributed by atoms with Crippen molar-refractivity contribution in [1.82, 2.24) is 10.3 Å². The lowest BCUT2D eigenvalue weighted by molar-refractivity contribution is 0.163. The molecule has 7 N–H and O–H groups in total. The van der Waals surface area contributed by atoms with Crippen molar-refractivity contribution in [2.45, 2.75) is 19.1 Å². The molecule has 1 atom stereocenters. The highest BCUT2D eigenvalue weighted by molar-refractivity contribution is 6.33. The first kappa shape index (κ1) is 33.8. The van der Waals surface area contributed by atoms with Gasteiger partial charge in [0.1, 0.15) is 11.5 Å². The number of ether oxygens (including phenoxy) is 2. The quantitative estimate of drug-likeness (QED) is 0.0803. The number of halogens is 1. The minimum Gasteiger partial charge on any atom is -0.506 e. The van der Waals surface area contributed by atoms with Gasteiger partial charge >= 0.3 is 12.2 Å². The summed E-state index contributed by atoms with van der Waals surface area (Å²) in [5, 5.41) is 39.2. The second-order valence-electron chi connectivity index (χ2n) is 10.8. The topological polar surface area (TPSA) is 182 Å². The average Bonchev–Trinajstić information content (AvgIpc) is 3.06. The summed E-state index contributed by atoms with van der Waals surface area (Å²) in [5.41, 5.74) is 4.11. The number of hydrogen-bond acceptors (Lipinski definition) is 8. The number of aromatic amines is 1. The van der Waals surface area contributed by atoms with Crippen LogP contribution in [-0.4, -0.2) is 52.8 Å². The van der Waals surface area contributed by atoms with Crippen molar-refractivity contribution in [3.05, 3.63) is 117 Å². The van der Waals surface area contributed by atoms with Gasteiger partial charge in [0.15, 0.2) is 0 Å². The van der Waals surface area contributed by atoms with Gasteiger partial charge in [-0.25, -0.2) is 9.59 Å². The number of anilines is 2. The number of pyridine rings is 1. The molecule has 0 bridgehead atoms. The highest BCUT2D eigenvalue weighted by atomic mass is 35.5. The van der Waals surface area contributed by atoms with Gasteiger partial charge in [-0.05, 0) is 41.0 Å². The van der Waals surface area contributed by atoms with Gasteiger partial charge in [-0.2, -0.15) is 0 Å². The van der Waals surface area contributed by atoms with E-state index in [1.54, 1.807) is 30.3 Å². The summed E-state index contributed by atoms with van der Waals surface area (Å²) in [6.07, 6.45) is -2.55. The lowest BCUT2D eigenvalue weighted by atomic mass is 10.0. The van der Waals surface area contributed by atoms with E-state index in [-0.39, 0.29) is 47.2 Å². The third kappa shape index (κ3) is 8.23. The third-order valence-electron chi connectivity index (χ3n) is 7.56. The summed E-state index contributed by atoms with van der Waals surface area (Å²) in [4.78, 5) is 38.3. The van der Waals surface area contributed by atoms with E-state index in [9.17, 15) is 29.7 Å². The molecule has 0 spiro atoms. The standard InChI is InChI=1S/C35H33ClN4O8/c1-47-31-17-28(26(36)16-22(31)18-37-19-30(42)24-9-11-29(41)33-25(24)10-12-32(43)40-33)39-35(46)48-14-13-20-7-8-23(21-5-3-2-4-6-21)27(15-20)38-34(44)45/h2-12,15-17,30,37-38,41-42H,13-14,18-19H2,1H3,(H,39,46)(H,40,43)(H,44,45)/t30-/m0/s1. The highest BCUT2D eigenvalue weighted by Gasteiger charge is 2.17. The van der Waals surface area contributed by atoms with Gasteiger partial charge < -0.3 is 35.1 Å². The fraction of sp³-hybridized carbons (Fsp3) is 0.171. The molecule has 5 rings (SSSR count). The number of hydrogen-bond donors (Lipinski definition) is 7. The number of aliphatic hydroxyl groups is 1. The summed E-state index contributed by atoms with van der Waals surface area (Å²) >= 11 is 6.48. The van der Waals surface area contributed by atoms with Gasteiger partial charge in [0, 0.05) is 48.2 Å². The Balaban J connectivity index is 1.17. The molecule has 13 heteroatoms. The summed E-state index contributed by atoms with van der Waals surface area (Å²) in [6.45, 7) is 0.419. The molecule has 1 aromatic heterocycles. The van der Waals surface area contributed by atoms with E-state index >= 15 is 0 Å². The molecule has 0 aliphatic rings. The van der Waals surface area contributed by atoms with E-state index in [4.69, 9.17) is 21.1 Å². The zero-order valence-electron chi connectivity index (χ0n) is 25.7. The summed E-state index contributed by atoms with van der Waals surface area (Å²) in [6, 6.07) is 23.8. The first-order valence-electron chi connectivity index (χ1n) is 14.8. The highest BCUT2D eigenvalue weighted by Crippen LogP contribution is 2.33. The summed E-state index contributed by atoms with van der Waals surface area (Å²) in [5.74, 6) is 0.336. The molecule has 0 fully saturated rings. The van der Waals surface area contributed by atoms with Gasteiger partial charge in [-0.15, -0.1) is 0 Å². The second-order valence-corrected chi connectivity index (χ2v) is 11.2. The van der Waals surface area contributed by atoms with Crippen molar-refractivity contribution in [3.63, 3.8) is 0 Å². The first-order chi connectivity index (χ1) is 23.1. The number of nitrogens with one attached hydrogen (secondary N) is 4. The number of fused-ring (bicyclic) bond motifs is 1. The normalized spacial score (nSPS) is 11.6. The Hall–Kier alpha value is -5.56. The number of phenolic OH excluding ortho intramolecular Hbond substituents is 1. The molecule has 4 aromatic carbocycles. The lowest BCUT2D eigenvalue weighted by Gasteiger charge is -2.17. The zero-order valence-corrected chi connectivity index (χ0v) is 26.5. The fourth-order valence-corrected chi connectivity index (χ4v) is 5.50. The van der Waals surface area contributed by atoms with Gasteiger partial charge in [-0.3, -0.25) is 15.4 Å². The number of carboxylic acid groups (broad SMARTS) is 1. The molecule has 0 unspecified atom stereocenters. The third-order valence-corrected chi connectivity index (χ3v) is 7.87. The number of methoxy groups -OCH3 is 1. The van der Waals surface area contributed by atoms with Crippen LogP contribution in [0, 0.1) is 0 Å². The summed E-state index contributed by atoms with van der Waals surface area (Å²) in [7, 11) is 1.48. The van der Waals surface area contributed by atoms with Gasteiger partial charge in [0.2, 0.25) is 5.56 Å². The minimum atomic E-state index is -1.19. The van der Waals surface area contributed by atoms with E-state index in [1.807, 2.05) is 42.5 Å². The van der Waals surface area contributed by atoms with Gasteiger partial charge in [-0.1, -0.05) is 60.1 Å². The number of amides is 2. The predicted octanol–water partition coefficient (Wildman–Crippen LogP) is 6.27. The number of carbonyl (C=O) groups excluding carboxylic acids is 1. The molecule has 0 aliphatic heterocycles. The van der Waals surface area contributed by atoms with Crippen molar-refractivity contribution >= 4 is 46.1 Å². The van der Waals surface area contributed by atoms with Crippen LogP contribution in [-0.2, 0) is 17.7 Å². The number of rotatable bonds is 12. The molecule has 48 heavy (non-hydrogen) atoms. The maximum atomic E-state index is 12.6. The Morgan fingerprint density at radius 2 is 1.75 bits per heavy atom. The van der Waals surface area contributed by atoms with Gasteiger partial charge in [0.05, 0.1) is 41.7 Å². The predicted molar refractivity (Wildman–Crippen MR) is 183 cm³/mol. The molecule has 0 saturated heterocycles. The van der Waals surface area contributed by atoms with Crippen molar-refractivity contribution in [1.29, 1.82) is 0 Å². The van der Waals surface area contributed by atoms with Crippen LogP contribution in [0.25, 0.3) is 22.0 Å². The van der Waals surface area contributed by atoms with Crippen LogP contribution in [0.1, 0.15) is 22.8 Å². The second kappa shape index (κ2) is 15.4. The Bertz CT molecular complexity index is 2000. The van der Waals surface area contributed by atoms with E-state index in [2.05, 4.69) is 20.9 Å². The Morgan fingerprint density at radius 3 is 2.50 bits per heavy atom. The van der Waals surface area contributed by atoms with Gasteiger partial charge in [0.25, 0.3) is 0 Å². The van der Waals surface area contributed by atoms with E-state index in [1.165, 1.54) is 19.2 Å². The van der Waals surface area contributed by atoms with Crippen LogP contribution in [0.15, 0.2) is 89.7 Å². The van der Waals surface area contributed by atoms with Crippen LogP contribution in [0.2, 0.25) is 5.02 Å². The molecular formula is C35H33ClN4O8. The molecular weight excluding hydrogens is 640 g/mol. The van der Waals surface area contributed by atoms with Crippen LogP contribution in [0.4, 0.5) is 21.0 Å². The van der Waals surface area contributed by atoms with Crippen LogP contribution in [0.3, 0.4) is 0 Å². The molecule has 12 nitrogen and oxygen atoms in total. The SMILES string of the molecule is COc1cc(NC(=O)OCCc2ccc(-c3ccccc3)c(NC(=O)O)c2)c(Cl)cc1CNC[C@H](O)c1ccc(O)c2[nH]c(=O)ccc12. The number of H-pyrrole nitrogens is 1. The first-order valence-corrected chi connectivity index (χ1v) is 15.2. The van der Waals surface area contributed by atoms with Crippen molar-refractivity contribution in [3.8, 4) is 22.6 Å². The number of benzene rings is 4. The number of carbonyl (C=O) groups is 2. The number of aliphatic hydroxyl groups excluding tert-OH is 1. The van der Waals surface area contributed by atoms with Crippen LogP contribution < -0.4 is 26.2 Å². The molecule has 5 aromatic rings. The number of aromatic hydroxyl groups is 1. The fourth-order valence-electron chi connectivity index (χ4n) is 5.26. The van der Waals surface area contributed by atoms with Crippen molar-refractivity contribution in [2.75, 3.05) is 30.9 Å². The number of phenols is 1. The van der Waals surface area contributed by atoms with Crippen LogP contribution >= 0.6 is 11.6 Å². The smallest absolute Gasteiger partial charge is 0.411 e. The molecule has 0 aliphatic carbocycles. The maximum Gasteiger partial charge on any atom is 0.411 e. The monoisotopic (exact) mass is 672 g/mol. The molecule has 1 heterocycles. The Kier molecular flexibility index (Phi) is 10.8. The average molecular weight is 673 g/mol. The van der Waals surface area contributed by atoms with E-state index < -0.39 is 18.3 Å². The molecule has 248 valence electrons. The maximum absolute atomic E-state index is 12.6. The summed E-state index contributed by atoms with van der Waals surface area (Å²) < 4.78 is 10.9.